The first-order chi connectivity index (χ1) is 8.31. The molecule has 0 N–H and O–H groups in total. The summed E-state index contributed by atoms with van der Waals surface area (Å²) in [6.07, 6.45) is -1.72. The fraction of sp³-hybridized carbons (Fsp3) is 0.917. The standard InChI is InChI=1S/C12H18O6/c1-11(2)15-7-6(5-13)14-10-9(8(7)16-11)17-12(3,4)18-10/h5-10H,1-4H3/t6-,7?,8+,9?,10?/m0/s1. The summed E-state index contributed by atoms with van der Waals surface area (Å²) in [5.41, 5.74) is 0. The average molecular weight is 258 g/mol. The summed E-state index contributed by atoms with van der Waals surface area (Å²) < 4.78 is 28.5. The Morgan fingerprint density at radius 3 is 2.06 bits per heavy atom. The van der Waals surface area contributed by atoms with Gasteiger partial charge < -0.3 is 28.5 Å². The van der Waals surface area contributed by atoms with Crippen LogP contribution < -0.4 is 0 Å². The predicted octanol–water partition coefficient (Wildman–Crippen LogP) is 0.582. The maximum Gasteiger partial charge on any atom is 0.190 e. The highest BCUT2D eigenvalue weighted by Gasteiger charge is 2.60. The Bertz CT molecular complexity index is 366. The minimum Gasteiger partial charge on any atom is -0.342 e. The molecule has 3 aliphatic rings. The molecule has 6 nitrogen and oxygen atoms in total. The van der Waals surface area contributed by atoms with Crippen molar-refractivity contribution in [2.24, 2.45) is 0 Å². The fourth-order valence-electron chi connectivity index (χ4n) is 2.75. The lowest BCUT2D eigenvalue weighted by molar-refractivity contribution is -0.226. The van der Waals surface area contributed by atoms with Gasteiger partial charge in [-0.1, -0.05) is 0 Å². The van der Waals surface area contributed by atoms with Crippen molar-refractivity contribution in [2.75, 3.05) is 0 Å². The van der Waals surface area contributed by atoms with Gasteiger partial charge in [-0.05, 0) is 27.7 Å². The summed E-state index contributed by atoms with van der Waals surface area (Å²) in [4.78, 5) is 11.1. The monoisotopic (exact) mass is 258 g/mol. The first kappa shape index (κ1) is 12.5. The Kier molecular flexibility index (Phi) is 2.60. The molecule has 3 rings (SSSR count). The van der Waals surface area contributed by atoms with Crippen molar-refractivity contribution in [1.82, 2.24) is 0 Å². The highest BCUT2D eigenvalue weighted by atomic mass is 16.9. The third-order valence-corrected chi connectivity index (χ3v) is 3.32. The van der Waals surface area contributed by atoms with Crippen LogP contribution in [0.1, 0.15) is 27.7 Å². The topological polar surface area (TPSA) is 63.2 Å². The Morgan fingerprint density at radius 1 is 0.833 bits per heavy atom. The molecule has 0 amide bonds. The van der Waals surface area contributed by atoms with Crippen molar-refractivity contribution < 1.29 is 28.5 Å². The number of carbonyl (C=O) groups is 1. The van der Waals surface area contributed by atoms with Gasteiger partial charge in [0.15, 0.2) is 24.2 Å². The third-order valence-electron chi connectivity index (χ3n) is 3.32. The van der Waals surface area contributed by atoms with Gasteiger partial charge in [0.2, 0.25) is 0 Å². The molecule has 0 radical (unpaired) electrons. The van der Waals surface area contributed by atoms with Crippen molar-refractivity contribution in [3.05, 3.63) is 0 Å². The van der Waals surface area contributed by atoms with Crippen molar-refractivity contribution in [1.29, 1.82) is 0 Å². The maximum atomic E-state index is 11.1. The van der Waals surface area contributed by atoms with E-state index in [1.54, 1.807) is 13.8 Å². The van der Waals surface area contributed by atoms with Gasteiger partial charge in [0.25, 0.3) is 0 Å². The largest absolute Gasteiger partial charge is 0.342 e. The molecule has 0 aliphatic carbocycles. The third kappa shape index (κ3) is 1.88. The van der Waals surface area contributed by atoms with Crippen LogP contribution in [0.5, 0.6) is 0 Å². The van der Waals surface area contributed by atoms with E-state index in [0.29, 0.717) is 0 Å². The number of aldehydes is 1. The number of hydrogen-bond acceptors (Lipinski definition) is 6. The van der Waals surface area contributed by atoms with Gasteiger partial charge in [-0.15, -0.1) is 0 Å². The summed E-state index contributed by atoms with van der Waals surface area (Å²) in [6, 6.07) is 0. The fourth-order valence-corrected chi connectivity index (χ4v) is 2.75. The van der Waals surface area contributed by atoms with E-state index in [2.05, 4.69) is 0 Å². The van der Waals surface area contributed by atoms with Gasteiger partial charge in [0.05, 0.1) is 0 Å². The van der Waals surface area contributed by atoms with Gasteiger partial charge in [0, 0.05) is 0 Å². The quantitative estimate of drug-likeness (QED) is 0.641. The lowest BCUT2D eigenvalue weighted by Crippen LogP contribution is -2.55. The molecule has 3 unspecified atom stereocenters. The number of fused-ring (bicyclic) bond motifs is 3. The summed E-state index contributed by atoms with van der Waals surface area (Å²) in [5.74, 6) is -1.49. The van der Waals surface area contributed by atoms with E-state index in [9.17, 15) is 4.79 Å². The molecule has 0 aromatic rings. The van der Waals surface area contributed by atoms with E-state index >= 15 is 0 Å². The summed E-state index contributed by atoms with van der Waals surface area (Å²) in [7, 11) is 0. The SMILES string of the molecule is CC1(C)OC2O[C@@H](C=O)C3OC(C)(C)O[C@H]3C2O1. The van der Waals surface area contributed by atoms with Crippen LogP contribution in [0, 0.1) is 0 Å². The minimum atomic E-state index is -0.745. The van der Waals surface area contributed by atoms with Gasteiger partial charge in [-0.25, -0.2) is 0 Å². The molecule has 0 aromatic carbocycles. The molecule has 18 heavy (non-hydrogen) atoms. The Balaban J connectivity index is 1.89. The van der Waals surface area contributed by atoms with Crippen LogP contribution in [-0.2, 0) is 28.5 Å². The van der Waals surface area contributed by atoms with Gasteiger partial charge in [-0.3, -0.25) is 0 Å². The molecular formula is C12H18O6. The molecule has 0 spiro atoms. The van der Waals surface area contributed by atoms with Crippen LogP contribution in [0.4, 0.5) is 0 Å². The van der Waals surface area contributed by atoms with E-state index in [0.717, 1.165) is 6.29 Å². The molecular weight excluding hydrogens is 240 g/mol. The minimum absolute atomic E-state index is 0.351. The van der Waals surface area contributed by atoms with E-state index in [4.69, 9.17) is 23.7 Å². The van der Waals surface area contributed by atoms with E-state index in [-0.39, 0.29) is 12.2 Å². The first-order valence-electron chi connectivity index (χ1n) is 6.13. The van der Waals surface area contributed by atoms with Crippen LogP contribution in [0.25, 0.3) is 0 Å². The lowest BCUT2D eigenvalue weighted by Gasteiger charge is -2.34. The molecule has 102 valence electrons. The van der Waals surface area contributed by atoms with Crippen molar-refractivity contribution >= 4 is 6.29 Å². The van der Waals surface area contributed by atoms with E-state index in [1.165, 1.54) is 0 Å². The second-order valence-electron chi connectivity index (χ2n) is 5.77. The summed E-state index contributed by atoms with van der Waals surface area (Å²) in [5, 5.41) is 0. The van der Waals surface area contributed by atoms with Gasteiger partial charge in [0.1, 0.15) is 24.4 Å². The molecule has 3 aliphatic heterocycles. The van der Waals surface area contributed by atoms with Crippen LogP contribution in [0.15, 0.2) is 0 Å². The second kappa shape index (κ2) is 3.74. The van der Waals surface area contributed by atoms with Gasteiger partial charge >= 0.3 is 0 Å². The number of carbonyl (C=O) groups excluding carboxylic acids is 1. The van der Waals surface area contributed by atoms with Crippen LogP contribution in [-0.4, -0.2) is 48.6 Å². The smallest absolute Gasteiger partial charge is 0.190 e. The Morgan fingerprint density at radius 2 is 1.39 bits per heavy atom. The molecule has 3 heterocycles. The molecule has 5 atom stereocenters. The molecule has 3 saturated heterocycles. The van der Waals surface area contributed by atoms with Crippen LogP contribution >= 0.6 is 0 Å². The normalized spacial score (nSPS) is 48.6. The molecule has 0 saturated carbocycles. The average Bonchev–Trinajstić information content (AvgIpc) is 2.71. The highest BCUT2D eigenvalue weighted by molar-refractivity contribution is 5.58. The molecule has 0 bridgehead atoms. The lowest BCUT2D eigenvalue weighted by atomic mass is 10.00. The Labute approximate surface area is 105 Å². The van der Waals surface area contributed by atoms with Crippen molar-refractivity contribution in [3.63, 3.8) is 0 Å². The highest BCUT2D eigenvalue weighted by Crippen LogP contribution is 2.43. The van der Waals surface area contributed by atoms with Crippen LogP contribution in [0.3, 0.4) is 0 Å². The maximum absolute atomic E-state index is 11.1. The van der Waals surface area contributed by atoms with E-state index < -0.39 is 30.1 Å². The van der Waals surface area contributed by atoms with Crippen LogP contribution in [0.2, 0.25) is 0 Å². The number of hydrogen-bond donors (Lipinski definition) is 0. The molecule has 6 heteroatoms. The second-order valence-corrected chi connectivity index (χ2v) is 5.77. The number of ether oxygens (including phenoxy) is 5. The van der Waals surface area contributed by atoms with E-state index in [1.807, 2.05) is 13.8 Å². The summed E-state index contributed by atoms with van der Waals surface area (Å²) >= 11 is 0. The predicted molar refractivity (Wildman–Crippen MR) is 58.6 cm³/mol. The first-order valence-corrected chi connectivity index (χ1v) is 6.13. The summed E-state index contributed by atoms with van der Waals surface area (Å²) in [6.45, 7) is 7.23. The zero-order chi connectivity index (χ0) is 13.1. The zero-order valence-electron chi connectivity index (χ0n) is 10.9. The zero-order valence-corrected chi connectivity index (χ0v) is 10.9. The molecule has 0 aromatic heterocycles. The molecule has 3 fully saturated rings. The Hall–Kier alpha value is -0.530. The van der Waals surface area contributed by atoms with Crippen molar-refractivity contribution in [3.8, 4) is 0 Å². The van der Waals surface area contributed by atoms with Gasteiger partial charge in [-0.2, -0.15) is 0 Å². The van der Waals surface area contributed by atoms with Crippen molar-refractivity contribution in [2.45, 2.75) is 70.0 Å². The number of rotatable bonds is 1.